The molecule has 172 valence electrons. The van der Waals surface area contributed by atoms with Gasteiger partial charge in [-0.25, -0.2) is 4.79 Å². The number of pyridine rings is 1. The van der Waals surface area contributed by atoms with Crippen molar-refractivity contribution in [2.45, 2.75) is 13.0 Å². The normalized spacial score (nSPS) is 15.6. The molecule has 1 aromatic heterocycles. The third-order valence-electron chi connectivity index (χ3n) is 5.84. The highest BCUT2D eigenvalue weighted by Gasteiger charge is 2.21. The molecule has 7 nitrogen and oxygen atoms in total. The Morgan fingerprint density at radius 3 is 2.55 bits per heavy atom. The van der Waals surface area contributed by atoms with E-state index in [1.807, 2.05) is 55.5 Å². The number of benzene rings is 2. The van der Waals surface area contributed by atoms with E-state index in [0.717, 1.165) is 55.3 Å². The Labute approximate surface area is 195 Å². The van der Waals surface area contributed by atoms with Crippen LogP contribution in [0.2, 0.25) is 0 Å². The van der Waals surface area contributed by atoms with Crippen LogP contribution in [0.15, 0.2) is 73.1 Å². The molecule has 0 spiro atoms. The number of aryl methyl sites for hydroxylation is 1. The molecule has 33 heavy (non-hydrogen) atoms. The van der Waals surface area contributed by atoms with Crippen LogP contribution < -0.4 is 15.4 Å². The van der Waals surface area contributed by atoms with Crippen molar-refractivity contribution in [3.63, 3.8) is 0 Å². The number of aromatic nitrogens is 1. The number of urea groups is 1. The fourth-order valence-corrected chi connectivity index (χ4v) is 3.91. The van der Waals surface area contributed by atoms with Gasteiger partial charge in [0.05, 0.1) is 12.2 Å². The van der Waals surface area contributed by atoms with Crippen molar-refractivity contribution in [1.29, 1.82) is 0 Å². The van der Waals surface area contributed by atoms with Crippen LogP contribution in [-0.4, -0.2) is 60.6 Å². The van der Waals surface area contributed by atoms with Gasteiger partial charge in [-0.3, -0.25) is 9.88 Å². The Kier molecular flexibility index (Phi) is 7.55. The lowest BCUT2D eigenvalue weighted by Gasteiger charge is -2.35. The first kappa shape index (κ1) is 22.8. The number of hydrogen-bond donors (Lipinski definition) is 2. The minimum atomic E-state index is -0.224. The summed E-state index contributed by atoms with van der Waals surface area (Å²) in [4.78, 5) is 21.7. The predicted molar refractivity (Wildman–Crippen MR) is 131 cm³/mol. The predicted octanol–water partition coefficient (Wildman–Crippen LogP) is 4.29. The molecular formula is C26H31N5O2. The van der Waals surface area contributed by atoms with E-state index in [4.69, 9.17) is 4.74 Å². The van der Waals surface area contributed by atoms with Gasteiger partial charge in [0, 0.05) is 44.6 Å². The van der Waals surface area contributed by atoms with Crippen molar-refractivity contribution in [3.8, 4) is 11.5 Å². The molecule has 4 rings (SSSR count). The van der Waals surface area contributed by atoms with Crippen LogP contribution in [0.5, 0.6) is 11.5 Å². The summed E-state index contributed by atoms with van der Waals surface area (Å²) in [7, 11) is 2.15. The maximum absolute atomic E-state index is 12.9. The van der Waals surface area contributed by atoms with Crippen LogP contribution in [0.1, 0.15) is 17.2 Å². The number of likely N-dealkylation sites (N-methyl/N-ethyl adjacent to an activating group) is 1. The first-order chi connectivity index (χ1) is 16.1. The molecule has 7 heteroatoms. The molecule has 0 saturated carbocycles. The number of rotatable bonds is 7. The first-order valence-electron chi connectivity index (χ1n) is 11.3. The first-order valence-corrected chi connectivity index (χ1v) is 11.3. The van der Waals surface area contributed by atoms with E-state index in [2.05, 4.69) is 44.6 Å². The Bertz CT molecular complexity index is 1040. The Morgan fingerprint density at radius 1 is 1.06 bits per heavy atom. The van der Waals surface area contributed by atoms with Crippen molar-refractivity contribution >= 4 is 11.7 Å². The largest absolute Gasteiger partial charge is 0.455 e. The molecular weight excluding hydrogens is 414 g/mol. The number of hydrogen-bond acceptors (Lipinski definition) is 5. The van der Waals surface area contributed by atoms with Crippen molar-refractivity contribution < 1.29 is 9.53 Å². The summed E-state index contributed by atoms with van der Waals surface area (Å²) >= 11 is 0. The molecule has 1 fully saturated rings. The lowest BCUT2D eigenvalue weighted by atomic mass is 10.1. The van der Waals surface area contributed by atoms with Crippen LogP contribution in [-0.2, 0) is 0 Å². The Morgan fingerprint density at radius 2 is 1.85 bits per heavy atom. The number of carbonyl (C=O) groups is 1. The van der Waals surface area contributed by atoms with E-state index in [0.29, 0.717) is 5.75 Å². The highest BCUT2D eigenvalue weighted by molar-refractivity contribution is 5.89. The molecule has 1 atom stereocenters. The standard InChI is InChI=1S/C26H31N5O2/c1-20-17-22(10-11-25(20)33-23-9-6-12-27-18-23)28-26(32)29-24(21-7-4-3-5-8-21)19-31-15-13-30(2)14-16-31/h3-12,17-18,24H,13-16,19H2,1-2H3,(H2,28,29,32). The number of anilines is 1. The Balaban J connectivity index is 1.40. The minimum Gasteiger partial charge on any atom is -0.455 e. The third-order valence-corrected chi connectivity index (χ3v) is 5.84. The summed E-state index contributed by atoms with van der Waals surface area (Å²) in [5.74, 6) is 1.40. The van der Waals surface area contributed by atoms with Gasteiger partial charge >= 0.3 is 6.03 Å². The van der Waals surface area contributed by atoms with Gasteiger partial charge in [-0.05, 0) is 55.4 Å². The highest BCUT2D eigenvalue weighted by atomic mass is 16.5. The quantitative estimate of drug-likeness (QED) is 0.568. The Hall–Kier alpha value is -3.42. The van der Waals surface area contributed by atoms with Crippen LogP contribution >= 0.6 is 0 Å². The van der Waals surface area contributed by atoms with Gasteiger partial charge in [0.15, 0.2) is 0 Å². The van der Waals surface area contributed by atoms with Crippen LogP contribution in [0.25, 0.3) is 0 Å². The van der Waals surface area contributed by atoms with Gasteiger partial charge in [-0.1, -0.05) is 30.3 Å². The topological polar surface area (TPSA) is 69.7 Å². The second-order valence-electron chi connectivity index (χ2n) is 8.44. The molecule has 1 unspecified atom stereocenters. The number of ether oxygens (including phenoxy) is 1. The summed E-state index contributed by atoms with van der Waals surface area (Å²) < 4.78 is 5.88. The summed E-state index contributed by atoms with van der Waals surface area (Å²) in [6.45, 7) is 6.82. The van der Waals surface area contributed by atoms with Crippen molar-refractivity contribution in [2.24, 2.45) is 0 Å². The van der Waals surface area contributed by atoms with Gasteiger partial charge in [0.1, 0.15) is 11.5 Å². The van der Waals surface area contributed by atoms with E-state index in [9.17, 15) is 4.79 Å². The monoisotopic (exact) mass is 445 g/mol. The number of amides is 2. The maximum atomic E-state index is 12.9. The summed E-state index contributed by atoms with van der Waals surface area (Å²) in [5.41, 5.74) is 2.74. The van der Waals surface area contributed by atoms with Crippen LogP contribution in [0.3, 0.4) is 0 Å². The van der Waals surface area contributed by atoms with E-state index in [1.54, 1.807) is 12.4 Å². The molecule has 0 aliphatic carbocycles. The fraction of sp³-hybridized carbons (Fsp3) is 0.308. The van der Waals surface area contributed by atoms with E-state index in [1.165, 1.54) is 0 Å². The molecule has 2 heterocycles. The number of nitrogens with zero attached hydrogens (tertiary/aromatic N) is 3. The second kappa shape index (κ2) is 10.9. The molecule has 3 aromatic rings. The molecule has 1 saturated heterocycles. The van der Waals surface area contributed by atoms with Crippen LogP contribution in [0, 0.1) is 6.92 Å². The van der Waals surface area contributed by atoms with Crippen molar-refractivity contribution in [2.75, 3.05) is 45.1 Å². The lowest BCUT2D eigenvalue weighted by Crippen LogP contribution is -2.48. The number of carbonyl (C=O) groups excluding carboxylic acids is 1. The minimum absolute atomic E-state index is 0.0936. The third kappa shape index (κ3) is 6.54. The smallest absolute Gasteiger partial charge is 0.319 e. The molecule has 2 amide bonds. The summed E-state index contributed by atoms with van der Waals surface area (Å²) in [6.07, 6.45) is 3.38. The maximum Gasteiger partial charge on any atom is 0.319 e. The van der Waals surface area contributed by atoms with E-state index in [-0.39, 0.29) is 12.1 Å². The summed E-state index contributed by atoms with van der Waals surface area (Å²) in [6, 6.07) is 19.1. The zero-order valence-electron chi connectivity index (χ0n) is 19.2. The average molecular weight is 446 g/mol. The van der Waals surface area contributed by atoms with Gasteiger partial charge in [0.2, 0.25) is 0 Å². The molecule has 0 radical (unpaired) electrons. The van der Waals surface area contributed by atoms with Gasteiger partial charge in [-0.2, -0.15) is 0 Å². The summed E-state index contributed by atoms with van der Waals surface area (Å²) in [5, 5.41) is 6.14. The van der Waals surface area contributed by atoms with E-state index >= 15 is 0 Å². The molecule has 2 N–H and O–H groups in total. The highest BCUT2D eigenvalue weighted by Crippen LogP contribution is 2.27. The lowest BCUT2D eigenvalue weighted by molar-refractivity contribution is 0.143. The van der Waals surface area contributed by atoms with Gasteiger partial charge < -0.3 is 20.3 Å². The second-order valence-corrected chi connectivity index (χ2v) is 8.44. The van der Waals surface area contributed by atoms with Gasteiger partial charge in [-0.15, -0.1) is 0 Å². The molecule has 0 bridgehead atoms. The molecule has 1 aliphatic heterocycles. The zero-order valence-corrected chi connectivity index (χ0v) is 19.2. The zero-order chi connectivity index (χ0) is 23.0. The average Bonchev–Trinajstić information content (AvgIpc) is 2.83. The number of piperazine rings is 1. The van der Waals surface area contributed by atoms with Crippen LogP contribution in [0.4, 0.5) is 10.5 Å². The van der Waals surface area contributed by atoms with Gasteiger partial charge in [0.25, 0.3) is 0 Å². The fourth-order valence-electron chi connectivity index (χ4n) is 3.91. The molecule has 2 aromatic carbocycles. The van der Waals surface area contributed by atoms with Crippen molar-refractivity contribution in [3.05, 3.63) is 84.2 Å². The molecule has 1 aliphatic rings. The SMILES string of the molecule is Cc1cc(NC(=O)NC(CN2CCN(C)CC2)c2ccccc2)ccc1Oc1cccnc1. The number of nitrogens with one attached hydrogen (secondary N) is 2. The van der Waals surface area contributed by atoms with Crippen molar-refractivity contribution in [1.82, 2.24) is 20.1 Å². The van der Waals surface area contributed by atoms with E-state index < -0.39 is 0 Å².